The van der Waals surface area contributed by atoms with Crippen molar-refractivity contribution in [2.24, 2.45) is 0 Å². The van der Waals surface area contributed by atoms with E-state index in [1.165, 1.54) is 18.5 Å². The van der Waals surface area contributed by atoms with E-state index in [1.54, 1.807) is 4.90 Å². The minimum Gasteiger partial charge on any atom is -0.398 e. The highest BCUT2D eigenvalue weighted by molar-refractivity contribution is 7.86. The molecule has 0 aliphatic carbocycles. The highest BCUT2D eigenvalue weighted by atomic mass is 32.2. The minimum absolute atomic E-state index is 0.0959. The Bertz CT molecular complexity index is 825. The van der Waals surface area contributed by atoms with Gasteiger partial charge in [0.15, 0.2) is 0 Å². The summed E-state index contributed by atoms with van der Waals surface area (Å²) in [6.07, 6.45) is 1.23. The Morgan fingerprint density at radius 3 is 2.44 bits per heavy atom. The van der Waals surface area contributed by atoms with Gasteiger partial charge in [-0.25, -0.2) is 9.97 Å². The van der Waals surface area contributed by atoms with Gasteiger partial charge in [-0.2, -0.15) is 13.4 Å². The van der Waals surface area contributed by atoms with Crippen LogP contribution in [0.15, 0.2) is 29.4 Å². The van der Waals surface area contributed by atoms with Gasteiger partial charge in [-0.05, 0) is 18.2 Å². The molecule has 1 heterocycles. The third-order valence-electron chi connectivity index (χ3n) is 3.13. The summed E-state index contributed by atoms with van der Waals surface area (Å²) in [7, 11) is -4.47. The van der Waals surface area contributed by atoms with Crippen molar-refractivity contribution in [3.05, 3.63) is 24.5 Å². The van der Waals surface area contributed by atoms with E-state index in [1.807, 2.05) is 0 Å². The number of aromatic nitrogens is 3. The number of nitrogens with one attached hydrogen (secondary N) is 1. The lowest BCUT2D eigenvalue weighted by Crippen LogP contribution is -2.31. The Morgan fingerprint density at radius 1 is 1.16 bits per heavy atom. The van der Waals surface area contributed by atoms with Crippen LogP contribution in [0.5, 0.6) is 0 Å². The molecular formula is C13H18N6O5S. The van der Waals surface area contributed by atoms with Crippen molar-refractivity contribution in [3.8, 4) is 0 Å². The van der Waals surface area contributed by atoms with E-state index < -0.39 is 15.0 Å². The Hall–Kier alpha value is -2.54. The first kappa shape index (κ1) is 18.8. The number of rotatable bonds is 8. The molecule has 0 atom stereocenters. The van der Waals surface area contributed by atoms with Crippen molar-refractivity contribution in [1.82, 2.24) is 15.0 Å². The standard InChI is InChI=1S/C13H18N6O5S/c14-10-2-1-9(7-11(10)25(22,23)24)17-12-15-8-16-13(18-12)19(3-5-20)4-6-21/h1-2,7-8,20-21H,3-6,14H2,(H,22,23,24)(H,15,16,17,18). The topological polar surface area (TPSA) is 175 Å². The number of nitrogens with zero attached hydrogens (tertiary/aromatic N) is 4. The molecule has 2 aromatic rings. The monoisotopic (exact) mass is 370 g/mol. The van der Waals surface area contributed by atoms with Crippen molar-refractivity contribution < 1.29 is 23.2 Å². The van der Waals surface area contributed by atoms with Gasteiger partial charge in [0.05, 0.1) is 18.9 Å². The van der Waals surface area contributed by atoms with Crippen molar-refractivity contribution in [2.45, 2.75) is 4.90 Å². The Balaban J connectivity index is 2.28. The maximum absolute atomic E-state index is 11.3. The number of benzene rings is 1. The second-order valence-corrected chi connectivity index (χ2v) is 6.29. The SMILES string of the molecule is Nc1ccc(Nc2ncnc(N(CCO)CCO)n2)cc1S(=O)(=O)O. The highest BCUT2D eigenvalue weighted by Gasteiger charge is 2.15. The van der Waals surface area contributed by atoms with Crippen LogP contribution < -0.4 is 16.0 Å². The molecule has 0 aliphatic heterocycles. The zero-order valence-corrected chi connectivity index (χ0v) is 13.9. The molecule has 12 heteroatoms. The van der Waals surface area contributed by atoms with Gasteiger partial charge in [-0.1, -0.05) is 0 Å². The van der Waals surface area contributed by atoms with Gasteiger partial charge in [-0.15, -0.1) is 0 Å². The summed E-state index contributed by atoms with van der Waals surface area (Å²) >= 11 is 0. The van der Waals surface area contributed by atoms with Crippen LogP contribution in [-0.2, 0) is 10.1 Å². The van der Waals surface area contributed by atoms with Crippen LogP contribution in [0.25, 0.3) is 0 Å². The van der Waals surface area contributed by atoms with Gasteiger partial charge < -0.3 is 26.2 Å². The molecule has 0 unspecified atom stereocenters. The summed E-state index contributed by atoms with van der Waals surface area (Å²) in [5.41, 5.74) is 5.73. The first-order valence-electron chi connectivity index (χ1n) is 7.15. The number of hydrogen-bond donors (Lipinski definition) is 5. The fourth-order valence-electron chi connectivity index (χ4n) is 2.02. The number of nitrogens with two attached hydrogens (primary N) is 1. The number of aliphatic hydroxyl groups is 2. The van der Waals surface area contributed by atoms with E-state index >= 15 is 0 Å². The zero-order chi connectivity index (χ0) is 18.4. The van der Waals surface area contributed by atoms with Crippen LogP contribution in [0.3, 0.4) is 0 Å². The Kier molecular flexibility index (Phi) is 6.03. The number of hydrogen-bond acceptors (Lipinski definition) is 10. The lowest BCUT2D eigenvalue weighted by atomic mass is 10.3. The molecule has 0 fully saturated rings. The molecule has 0 saturated heterocycles. The number of nitrogen functional groups attached to an aromatic ring is 1. The second kappa shape index (κ2) is 8.02. The van der Waals surface area contributed by atoms with Gasteiger partial charge in [-0.3, -0.25) is 4.55 Å². The third kappa shape index (κ3) is 4.96. The molecule has 11 nitrogen and oxygen atoms in total. The zero-order valence-electron chi connectivity index (χ0n) is 13.1. The Labute approximate surface area is 143 Å². The van der Waals surface area contributed by atoms with Crippen LogP contribution in [-0.4, -0.2) is 64.4 Å². The number of aliphatic hydroxyl groups excluding tert-OH is 2. The molecule has 6 N–H and O–H groups in total. The minimum atomic E-state index is -4.47. The smallest absolute Gasteiger partial charge is 0.296 e. The van der Waals surface area contributed by atoms with Crippen molar-refractivity contribution in [3.63, 3.8) is 0 Å². The molecule has 136 valence electrons. The number of anilines is 4. The van der Waals surface area contributed by atoms with Gasteiger partial charge in [0.2, 0.25) is 11.9 Å². The normalized spacial score (nSPS) is 11.3. The van der Waals surface area contributed by atoms with Crippen molar-refractivity contribution >= 4 is 33.4 Å². The summed E-state index contributed by atoms with van der Waals surface area (Å²) in [6, 6.07) is 3.96. The van der Waals surface area contributed by atoms with Gasteiger partial charge in [0.1, 0.15) is 11.2 Å². The summed E-state index contributed by atoms with van der Waals surface area (Å²) in [6.45, 7) is 0.145. The van der Waals surface area contributed by atoms with E-state index in [9.17, 15) is 8.42 Å². The van der Waals surface area contributed by atoms with Crippen LogP contribution in [0, 0.1) is 0 Å². The summed E-state index contributed by atoms with van der Waals surface area (Å²) in [5, 5.41) is 20.9. The maximum atomic E-state index is 11.3. The average Bonchev–Trinajstić information content (AvgIpc) is 2.56. The van der Waals surface area contributed by atoms with Crippen molar-refractivity contribution in [2.75, 3.05) is 42.3 Å². The molecular weight excluding hydrogens is 352 g/mol. The van der Waals surface area contributed by atoms with Crippen LogP contribution in [0.4, 0.5) is 23.3 Å². The summed E-state index contributed by atoms with van der Waals surface area (Å²) in [4.78, 5) is 13.2. The molecule has 0 radical (unpaired) electrons. The van der Waals surface area contributed by atoms with Crippen LogP contribution in [0.1, 0.15) is 0 Å². The highest BCUT2D eigenvalue weighted by Crippen LogP contribution is 2.24. The fraction of sp³-hybridized carbons (Fsp3) is 0.308. The molecule has 0 saturated carbocycles. The van der Waals surface area contributed by atoms with Crippen molar-refractivity contribution in [1.29, 1.82) is 0 Å². The van der Waals surface area contributed by atoms with E-state index in [0.29, 0.717) is 0 Å². The van der Waals surface area contributed by atoms with Gasteiger partial charge in [0, 0.05) is 18.8 Å². The summed E-state index contributed by atoms with van der Waals surface area (Å²) < 4.78 is 31.8. The second-order valence-electron chi connectivity index (χ2n) is 4.90. The molecule has 0 amide bonds. The predicted octanol–water partition coefficient (Wildman–Crippen LogP) is -0.765. The van der Waals surface area contributed by atoms with E-state index in [2.05, 4.69) is 20.3 Å². The first-order valence-corrected chi connectivity index (χ1v) is 8.59. The van der Waals surface area contributed by atoms with E-state index in [4.69, 9.17) is 20.5 Å². The Morgan fingerprint density at radius 2 is 1.84 bits per heavy atom. The molecule has 0 aliphatic rings. The largest absolute Gasteiger partial charge is 0.398 e. The van der Waals surface area contributed by atoms with Gasteiger partial charge in [0.25, 0.3) is 10.1 Å². The third-order valence-corrected chi connectivity index (χ3v) is 4.04. The summed E-state index contributed by atoms with van der Waals surface area (Å²) in [5.74, 6) is 0.336. The molecule has 1 aromatic carbocycles. The maximum Gasteiger partial charge on any atom is 0.296 e. The fourth-order valence-corrected chi connectivity index (χ4v) is 2.66. The quantitative estimate of drug-likeness (QED) is 0.291. The molecule has 0 spiro atoms. The average molecular weight is 370 g/mol. The van der Waals surface area contributed by atoms with E-state index in [-0.39, 0.29) is 49.6 Å². The molecule has 25 heavy (non-hydrogen) atoms. The van der Waals surface area contributed by atoms with Crippen LogP contribution in [0.2, 0.25) is 0 Å². The predicted molar refractivity (Wildman–Crippen MR) is 90.2 cm³/mol. The van der Waals surface area contributed by atoms with Gasteiger partial charge >= 0.3 is 0 Å². The van der Waals surface area contributed by atoms with E-state index in [0.717, 1.165) is 6.07 Å². The lowest BCUT2D eigenvalue weighted by molar-refractivity contribution is 0.280. The molecule has 2 rings (SSSR count). The van der Waals surface area contributed by atoms with Crippen LogP contribution >= 0.6 is 0 Å². The molecule has 0 bridgehead atoms. The molecule has 1 aromatic heterocycles. The first-order chi connectivity index (χ1) is 11.8. The lowest BCUT2D eigenvalue weighted by Gasteiger charge is -2.20.